The fraction of sp³-hybridized carbons (Fsp3) is 0.895. The number of rotatable bonds is 8. The van der Waals surface area contributed by atoms with Crippen molar-refractivity contribution in [1.82, 2.24) is 10.6 Å². The van der Waals surface area contributed by atoms with Crippen LogP contribution in [-0.2, 0) is 9.59 Å². The molecule has 26 heavy (non-hydrogen) atoms. The molecule has 1 amide bonds. The summed E-state index contributed by atoms with van der Waals surface area (Å²) in [6.07, 6.45) is 14.6. The molecule has 0 spiro atoms. The van der Waals surface area contributed by atoms with Crippen molar-refractivity contribution in [2.45, 2.75) is 89.3 Å². The Labute approximate surface area is 167 Å². The van der Waals surface area contributed by atoms with Crippen molar-refractivity contribution in [2.75, 3.05) is 18.0 Å². The molecular formula is C19H36N2O4S. The number of aliphatic carboxylic acids is 1. The summed E-state index contributed by atoms with van der Waals surface area (Å²) < 4.78 is 28.0. The smallest absolute Gasteiger partial charge is 0.327 e. The zero-order valence-electron chi connectivity index (χ0n) is 19.6. The number of carbonyl (C=O) groups is 2. The minimum Gasteiger partial charge on any atom is -0.480 e. The van der Waals surface area contributed by atoms with Crippen LogP contribution in [0.5, 0.6) is 0 Å². The average Bonchev–Trinajstić information content (AvgIpc) is 2.66. The summed E-state index contributed by atoms with van der Waals surface area (Å²) in [6.45, 7) is -1.99. The molecule has 0 heterocycles. The van der Waals surface area contributed by atoms with Gasteiger partial charge in [-0.25, -0.2) is 4.79 Å². The van der Waals surface area contributed by atoms with Crippen molar-refractivity contribution in [1.29, 1.82) is 0 Å². The number of nitrogens with one attached hydrogen (secondary N) is 2. The van der Waals surface area contributed by atoms with Gasteiger partial charge in [-0.05, 0) is 25.7 Å². The van der Waals surface area contributed by atoms with Gasteiger partial charge in [-0.3, -0.25) is 4.79 Å². The van der Waals surface area contributed by atoms with Gasteiger partial charge in [-0.1, -0.05) is 38.5 Å². The number of amides is 1. The third-order valence-corrected chi connectivity index (χ3v) is 5.46. The largest absolute Gasteiger partial charge is 0.480 e. The van der Waals surface area contributed by atoms with Gasteiger partial charge in [0.25, 0.3) is 0 Å². The molecule has 0 radical (unpaired) electrons. The Morgan fingerprint density at radius 3 is 1.96 bits per heavy atom. The molecule has 0 aromatic rings. The lowest BCUT2D eigenvalue weighted by molar-refractivity contribution is -0.140. The Kier molecular flexibility index (Phi) is 9.52. The van der Waals surface area contributed by atoms with Crippen molar-refractivity contribution < 1.29 is 25.3 Å². The van der Waals surface area contributed by atoms with Crippen LogP contribution in [0.15, 0.2) is 0 Å². The van der Waals surface area contributed by atoms with E-state index in [0.29, 0.717) is 0 Å². The molecule has 0 aliphatic heterocycles. The van der Waals surface area contributed by atoms with Crippen molar-refractivity contribution in [3.05, 3.63) is 0 Å². The predicted octanol–water partition coefficient (Wildman–Crippen LogP) is 2.54. The summed E-state index contributed by atoms with van der Waals surface area (Å²) >= 11 is 0.277. The average molecular weight is 393 g/mol. The summed E-state index contributed by atoms with van der Waals surface area (Å²) in [7, 11) is 0. The standard InChI is InChI=1S/C12H23N.C7H13NO4S/c1-3-7-11(8-4-1)13-12-9-5-2-6-10-12;1-5(10)8-6(7(11)12)4-13-3-2-9/h11-13H,1-10H2;6,9H,2-4H2,1H3,(H,8,10)(H,11,12)/t;6-/m.0/s1/i;2D2,3D2. The fourth-order valence-corrected chi connectivity index (χ4v) is 3.99. The molecule has 0 saturated heterocycles. The van der Waals surface area contributed by atoms with Crippen LogP contribution in [0.2, 0.25) is 0 Å². The lowest BCUT2D eigenvalue weighted by Gasteiger charge is -2.30. The van der Waals surface area contributed by atoms with Crippen molar-refractivity contribution >= 4 is 23.6 Å². The van der Waals surface area contributed by atoms with E-state index in [2.05, 4.69) is 10.6 Å². The van der Waals surface area contributed by atoms with E-state index in [1.54, 1.807) is 0 Å². The zero-order valence-corrected chi connectivity index (χ0v) is 16.4. The highest BCUT2D eigenvalue weighted by atomic mass is 32.2. The topological polar surface area (TPSA) is 98.7 Å². The first-order valence-corrected chi connectivity index (χ1v) is 10.5. The molecule has 2 fully saturated rings. The second-order valence-corrected chi connectivity index (χ2v) is 7.78. The molecule has 2 aliphatic rings. The molecule has 4 N–H and O–H groups in total. The minimum atomic E-state index is -3.10. The van der Waals surface area contributed by atoms with E-state index < -0.39 is 35.9 Å². The SMILES string of the molecule is C1CCC(NC2CCCCC2)CC1.[2H]C([2H])(O)C([2H])([2H])SC[C@H](NC(C)=O)C(=O)O. The summed E-state index contributed by atoms with van der Waals surface area (Å²) in [5.41, 5.74) is -2.67. The second-order valence-electron chi connectivity index (χ2n) is 6.95. The molecular weight excluding hydrogens is 352 g/mol. The van der Waals surface area contributed by atoms with Gasteiger partial charge in [0.15, 0.2) is 0 Å². The predicted molar refractivity (Wildman–Crippen MR) is 107 cm³/mol. The van der Waals surface area contributed by atoms with Crippen molar-refractivity contribution in [3.8, 4) is 0 Å². The number of hydrogen-bond acceptors (Lipinski definition) is 5. The van der Waals surface area contributed by atoms with Crippen LogP contribution in [0.4, 0.5) is 0 Å². The Morgan fingerprint density at radius 2 is 1.58 bits per heavy atom. The van der Waals surface area contributed by atoms with Gasteiger partial charge in [0, 0.05) is 33.2 Å². The van der Waals surface area contributed by atoms with E-state index in [4.69, 9.17) is 15.7 Å². The third-order valence-electron chi connectivity index (χ3n) is 4.73. The Bertz CT molecular complexity index is 521. The summed E-state index contributed by atoms with van der Waals surface area (Å²) in [6, 6.07) is 0.406. The molecule has 0 aromatic carbocycles. The first-order chi connectivity index (χ1) is 13.9. The maximum absolute atomic E-state index is 10.7. The third kappa shape index (κ3) is 11.0. The number of hydrogen-bond donors (Lipinski definition) is 4. The maximum Gasteiger partial charge on any atom is 0.327 e. The first-order valence-electron chi connectivity index (χ1n) is 11.5. The lowest BCUT2D eigenvalue weighted by atomic mass is 9.91. The van der Waals surface area contributed by atoms with Gasteiger partial charge in [0.2, 0.25) is 5.91 Å². The van der Waals surface area contributed by atoms with E-state index in [1.807, 2.05) is 0 Å². The van der Waals surface area contributed by atoms with Crippen molar-refractivity contribution in [2.24, 2.45) is 0 Å². The number of carboxylic acid groups (broad SMARTS) is 1. The van der Waals surface area contributed by atoms with Crippen LogP contribution >= 0.6 is 11.8 Å². The minimum absolute atomic E-state index is 0.277. The Balaban J connectivity index is 0.000000308. The quantitative estimate of drug-likeness (QED) is 0.507. The van der Waals surface area contributed by atoms with Crippen LogP contribution < -0.4 is 10.6 Å². The first kappa shape index (κ1) is 17.3. The highest BCUT2D eigenvalue weighted by Gasteiger charge is 2.19. The van der Waals surface area contributed by atoms with Crippen LogP contribution in [-0.4, -0.2) is 58.2 Å². The van der Waals surface area contributed by atoms with Gasteiger partial charge in [0.05, 0.1) is 9.30 Å². The highest BCUT2D eigenvalue weighted by Crippen LogP contribution is 2.22. The Morgan fingerprint density at radius 1 is 1.08 bits per heavy atom. The molecule has 0 unspecified atom stereocenters. The van der Waals surface area contributed by atoms with Gasteiger partial charge in [-0.15, -0.1) is 0 Å². The number of carboxylic acids is 1. The van der Waals surface area contributed by atoms with Gasteiger partial charge >= 0.3 is 5.97 Å². The highest BCUT2D eigenvalue weighted by molar-refractivity contribution is 7.99. The lowest BCUT2D eigenvalue weighted by Crippen LogP contribution is -2.41. The van der Waals surface area contributed by atoms with Crippen molar-refractivity contribution in [3.63, 3.8) is 0 Å². The molecule has 2 aliphatic carbocycles. The molecule has 0 aromatic heterocycles. The number of aliphatic hydroxyl groups is 1. The number of carbonyl (C=O) groups excluding carboxylic acids is 1. The molecule has 7 heteroatoms. The van der Waals surface area contributed by atoms with E-state index in [-0.39, 0.29) is 11.8 Å². The Hall–Kier alpha value is -0.790. The van der Waals surface area contributed by atoms with Crippen LogP contribution in [0.3, 0.4) is 0 Å². The van der Waals surface area contributed by atoms with Crippen LogP contribution in [0.25, 0.3) is 0 Å². The van der Waals surface area contributed by atoms with E-state index >= 15 is 0 Å². The fourth-order valence-electron chi connectivity index (χ4n) is 3.45. The molecule has 2 saturated carbocycles. The summed E-state index contributed by atoms with van der Waals surface area (Å²) in [5.74, 6) is -2.35. The zero-order chi connectivity index (χ0) is 22.8. The second kappa shape index (κ2) is 14.3. The summed E-state index contributed by atoms with van der Waals surface area (Å²) in [5, 5.41) is 23.5. The van der Waals surface area contributed by atoms with Crippen LogP contribution in [0, 0.1) is 0 Å². The van der Waals surface area contributed by atoms with E-state index in [0.717, 1.165) is 19.0 Å². The van der Waals surface area contributed by atoms with Crippen LogP contribution in [0.1, 0.15) is 76.6 Å². The summed E-state index contributed by atoms with van der Waals surface area (Å²) in [4.78, 5) is 21.4. The normalized spacial score (nSPS) is 23.3. The van der Waals surface area contributed by atoms with E-state index in [1.165, 1.54) is 64.2 Å². The van der Waals surface area contributed by atoms with Gasteiger partial charge in [0.1, 0.15) is 6.04 Å². The molecule has 0 bridgehead atoms. The van der Waals surface area contributed by atoms with E-state index in [9.17, 15) is 9.59 Å². The molecule has 2 rings (SSSR count). The molecule has 1 atom stereocenters. The van der Waals surface area contributed by atoms with Gasteiger partial charge < -0.3 is 20.8 Å². The molecule has 152 valence electrons. The maximum atomic E-state index is 10.7. The van der Waals surface area contributed by atoms with Gasteiger partial charge in [-0.2, -0.15) is 11.8 Å². The number of thioether (sulfide) groups is 1. The molecule has 6 nitrogen and oxygen atoms in total. The monoisotopic (exact) mass is 392 g/mol.